The largest absolute Gasteiger partial charge is 0.478 e. The zero-order chi connectivity index (χ0) is 44.5. The Kier molecular flexibility index (Phi) is 14.4. The number of aliphatic hydroxyl groups excluding tert-OH is 2. The van der Waals surface area contributed by atoms with Crippen LogP contribution in [0.1, 0.15) is 69.4 Å². The van der Waals surface area contributed by atoms with Crippen molar-refractivity contribution in [2.75, 3.05) is 36.9 Å². The summed E-state index contributed by atoms with van der Waals surface area (Å²) >= 11 is 0. The molecule has 2 aromatic carbocycles. The lowest BCUT2D eigenvalue weighted by Gasteiger charge is -2.11. The highest BCUT2D eigenvalue weighted by Gasteiger charge is 2.27. The molecule has 0 unspecified atom stereocenters. The number of Topliss-reactive ketones (excluding diaryl/α,β-unsaturated/α-hetero) is 1. The molecule has 0 fully saturated rings. The van der Waals surface area contributed by atoms with Crippen LogP contribution in [0.25, 0.3) is 33.8 Å². The smallest absolute Gasteiger partial charge is 0.390 e. The van der Waals surface area contributed by atoms with Gasteiger partial charge in [0, 0.05) is 48.6 Å². The lowest BCUT2D eigenvalue weighted by Crippen LogP contribution is -2.16. The maximum Gasteiger partial charge on any atom is 0.390 e. The summed E-state index contributed by atoms with van der Waals surface area (Å²) in [6.45, 7) is 3.79. The van der Waals surface area contributed by atoms with E-state index in [2.05, 4.69) is 54.3 Å². The number of carboxylic acid groups (broad SMARTS) is 1. The van der Waals surface area contributed by atoms with Gasteiger partial charge in [0.1, 0.15) is 24.6 Å². The van der Waals surface area contributed by atoms with Gasteiger partial charge in [0.2, 0.25) is 0 Å². The molecule has 318 valence electrons. The Morgan fingerprint density at radius 2 is 1.13 bits per heavy atom. The Labute approximate surface area is 344 Å². The van der Waals surface area contributed by atoms with Crippen LogP contribution < -0.4 is 10.6 Å². The first-order chi connectivity index (χ1) is 28.9. The van der Waals surface area contributed by atoms with Crippen LogP contribution in [0.4, 0.5) is 38.0 Å². The number of hydrogen-bond acceptors (Lipinski definition) is 10. The van der Waals surface area contributed by atoms with Crippen molar-refractivity contribution in [3.05, 3.63) is 94.8 Å². The molecule has 61 heavy (non-hydrogen) atoms. The summed E-state index contributed by atoms with van der Waals surface area (Å²) in [5, 5.41) is 32.4. The van der Waals surface area contributed by atoms with Crippen LogP contribution in [0.3, 0.4) is 0 Å². The van der Waals surface area contributed by atoms with Crippen LogP contribution in [0.2, 0.25) is 0 Å². The van der Waals surface area contributed by atoms with Gasteiger partial charge in [0.25, 0.3) is 0 Å². The predicted octanol–water partition coefficient (Wildman–Crippen LogP) is 7.12. The fourth-order valence-corrected chi connectivity index (χ4v) is 6.06. The number of halogens is 6. The summed E-state index contributed by atoms with van der Waals surface area (Å²) in [5.74, 6) is 9.54. The fraction of sp³-hybridized carbons (Fsp3) is 0.286. The lowest BCUT2D eigenvalue weighted by molar-refractivity contribution is -0.132. The first-order valence-electron chi connectivity index (χ1n) is 18.5. The molecule has 0 amide bonds. The Morgan fingerprint density at radius 3 is 1.49 bits per heavy atom. The molecule has 0 aliphatic carbocycles. The van der Waals surface area contributed by atoms with Gasteiger partial charge in [-0.2, -0.15) is 26.3 Å². The number of carbonyl (C=O) groups excluding carboxylic acids is 1. The highest BCUT2D eigenvalue weighted by atomic mass is 19.4. The second-order valence-corrected chi connectivity index (χ2v) is 13.3. The minimum Gasteiger partial charge on any atom is -0.478 e. The Balaban J connectivity index is 0.000000231. The molecule has 0 radical (unpaired) electrons. The fourth-order valence-electron chi connectivity index (χ4n) is 6.06. The molecule has 5 N–H and O–H groups in total. The molecule has 4 heterocycles. The second kappa shape index (κ2) is 19.4. The number of ketones is 1. The molecule has 0 atom stereocenters. The molecular weight excluding hydrogens is 811 g/mol. The number of nitrogens with zero attached hydrogens (tertiary/aromatic N) is 6. The van der Waals surface area contributed by atoms with Crippen molar-refractivity contribution in [1.82, 2.24) is 28.7 Å². The van der Waals surface area contributed by atoms with Crippen molar-refractivity contribution in [3.63, 3.8) is 0 Å². The van der Waals surface area contributed by atoms with E-state index in [4.69, 9.17) is 10.2 Å². The van der Waals surface area contributed by atoms with E-state index in [0.29, 0.717) is 45.8 Å². The Hall–Kier alpha value is -6.96. The van der Waals surface area contributed by atoms with Gasteiger partial charge in [0.15, 0.2) is 28.7 Å². The Morgan fingerprint density at radius 1 is 0.705 bits per heavy atom. The topological polar surface area (TPSA) is 179 Å². The number of fused-ring (bicyclic) bond motifs is 2. The van der Waals surface area contributed by atoms with Crippen LogP contribution in [-0.4, -0.2) is 94.5 Å². The van der Waals surface area contributed by atoms with E-state index in [1.165, 1.54) is 12.3 Å². The van der Waals surface area contributed by atoms with Crippen molar-refractivity contribution >= 4 is 34.7 Å². The standard InChI is InChI=1S/C22H21F3N4O2.C20H17F3N4O3/c1-3-19(31)17-7-6-15(11-14(17)2)18-12-27-21-20(26-9-8-22(23,24)25)28-16(5-4-10-30)13-29(18)21;1-12-9-13(4-5-15(12)19(29)30)16-10-25-18-17(24-7-6-20(21,22)23)26-14(3-2-8-28)11-27(16)18/h6-7,11-13,30H,3,8-10H2,1-2H3,(H,26,28);4-5,9-11,28H,6-8H2,1H3,(H,24,26)(H,29,30). The number of anilines is 2. The van der Waals surface area contributed by atoms with Crippen molar-refractivity contribution in [2.45, 2.75) is 52.4 Å². The zero-order valence-electron chi connectivity index (χ0n) is 32.8. The molecule has 0 spiro atoms. The molecule has 4 aromatic heterocycles. The van der Waals surface area contributed by atoms with Crippen LogP contribution in [0.5, 0.6) is 0 Å². The monoisotopic (exact) mass is 848 g/mol. The van der Waals surface area contributed by atoms with Crippen LogP contribution in [0, 0.1) is 37.5 Å². The maximum absolute atomic E-state index is 12.5. The van der Waals surface area contributed by atoms with E-state index < -0.39 is 44.3 Å². The predicted molar refractivity (Wildman–Crippen MR) is 214 cm³/mol. The normalized spacial score (nSPS) is 11.3. The summed E-state index contributed by atoms with van der Waals surface area (Å²) < 4.78 is 78.4. The summed E-state index contributed by atoms with van der Waals surface area (Å²) in [4.78, 5) is 40.3. The lowest BCUT2D eigenvalue weighted by atomic mass is 9.99. The van der Waals surface area contributed by atoms with Gasteiger partial charge in [-0.15, -0.1) is 0 Å². The van der Waals surface area contributed by atoms with Crippen LogP contribution in [0.15, 0.2) is 61.2 Å². The van der Waals surface area contributed by atoms with Crippen molar-refractivity contribution in [1.29, 1.82) is 0 Å². The molecule has 6 rings (SSSR count). The van der Waals surface area contributed by atoms with E-state index >= 15 is 0 Å². The molecule has 6 aromatic rings. The average molecular weight is 849 g/mol. The van der Waals surface area contributed by atoms with Crippen LogP contribution >= 0.6 is 0 Å². The van der Waals surface area contributed by atoms with Crippen LogP contribution in [-0.2, 0) is 0 Å². The minimum atomic E-state index is -4.32. The first kappa shape index (κ1) is 45.1. The van der Waals surface area contributed by atoms with Gasteiger partial charge >= 0.3 is 18.3 Å². The first-order valence-corrected chi connectivity index (χ1v) is 18.5. The van der Waals surface area contributed by atoms with E-state index in [-0.39, 0.29) is 47.5 Å². The summed E-state index contributed by atoms with van der Waals surface area (Å²) in [6, 6.07) is 10.2. The van der Waals surface area contributed by atoms with Crippen molar-refractivity contribution in [3.8, 4) is 46.2 Å². The molecule has 0 bridgehead atoms. The molecule has 19 heteroatoms. The third-order valence-electron chi connectivity index (χ3n) is 8.87. The third-order valence-corrected chi connectivity index (χ3v) is 8.87. The number of rotatable bonds is 11. The molecule has 0 aliphatic rings. The summed E-state index contributed by atoms with van der Waals surface area (Å²) in [6.07, 6.45) is -4.01. The third kappa shape index (κ3) is 11.6. The van der Waals surface area contributed by atoms with Gasteiger partial charge in [-0.1, -0.05) is 37.0 Å². The second-order valence-electron chi connectivity index (χ2n) is 13.3. The maximum atomic E-state index is 12.5. The number of aryl methyl sites for hydroxylation is 2. The van der Waals surface area contributed by atoms with Gasteiger partial charge in [-0.05, 0) is 55.0 Å². The number of aromatic carboxylic acids is 1. The quantitative estimate of drug-likeness (QED) is 0.0510. The number of nitrogens with one attached hydrogen (secondary N) is 2. The van der Waals surface area contributed by atoms with E-state index in [1.807, 2.05) is 13.0 Å². The number of aromatic nitrogens is 6. The van der Waals surface area contributed by atoms with Gasteiger partial charge in [-0.3, -0.25) is 13.6 Å². The number of hydrogen-bond donors (Lipinski definition) is 5. The minimum absolute atomic E-state index is 0.0455. The highest BCUT2D eigenvalue weighted by molar-refractivity contribution is 5.97. The summed E-state index contributed by atoms with van der Waals surface area (Å²) in [5.41, 5.74) is 6.01. The number of alkyl halides is 6. The molecule has 0 saturated carbocycles. The molecule has 0 saturated heterocycles. The van der Waals surface area contributed by atoms with Gasteiger partial charge in [0.05, 0.1) is 42.2 Å². The van der Waals surface area contributed by atoms with E-state index in [0.717, 1.165) is 11.1 Å². The van der Waals surface area contributed by atoms with Crippen molar-refractivity contribution in [2.24, 2.45) is 0 Å². The highest BCUT2D eigenvalue weighted by Crippen LogP contribution is 2.29. The average Bonchev–Trinajstić information content (AvgIpc) is 3.83. The molecule has 0 aliphatic heterocycles. The van der Waals surface area contributed by atoms with Gasteiger partial charge < -0.3 is 26.0 Å². The number of aliphatic hydroxyl groups is 2. The SMILES string of the molecule is CCC(=O)c1ccc(-c2cnc3c(NCCC(F)(F)F)nc(C#CCO)cn23)cc1C.Cc1cc(-c2cnc3c(NCCC(F)(F)F)nc(C#CCO)cn23)ccc1C(=O)O. The number of benzene rings is 2. The number of carbonyl (C=O) groups is 2. The zero-order valence-corrected chi connectivity index (χ0v) is 32.8. The number of imidazole rings is 2. The Bertz CT molecular complexity index is 2700. The van der Waals surface area contributed by atoms with Gasteiger partial charge in [-0.25, -0.2) is 24.7 Å². The molecular formula is C42H38F6N8O5. The number of carboxylic acids is 1. The van der Waals surface area contributed by atoms with Crippen molar-refractivity contribution < 1.29 is 51.3 Å². The van der Waals surface area contributed by atoms with E-state index in [1.54, 1.807) is 65.5 Å². The summed E-state index contributed by atoms with van der Waals surface area (Å²) in [7, 11) is 0. The molecule has 13 nitrogen and oxygen atoms in total. The van der Waals surface area contributed by atoms with E-state index in [9.17, 15) is 41.0 Å².